The lowest BCUT2D eigenvalue weighted by molar-refractivity contribution is 0.638. The van der Waals surface area contributed by atoms with Gasteiger partial charge in [0.05, 0.1) is 23.5 Å². The molecule has 0 unspecified atom stereocenters. The molecular weight excluding hydrogens is 272 g/mol. The number of aryl methyl sites for hydroxylation is 3. The van der Waals surface area contributed by atoms with E-state index in [9.17, 15) is 4.79 Å². The van der Waals surface area contributed by atoms with Gasteiger partial charge in [0.1, 0.15) is 4.99 Å². The van der Waals surface area contributed by atoms with Gasteiger partial charge in [0.15, 0.2) is 0 Å². The van der Waals surface area contributed by atoms with Crippen molar-refractivity contribution in [3.05, 3.63) is 51.2 Å². The first-order chi connectivity index (χ1) is 9.43. The number of pyridine rings is 1. The molecule has 20 heavy (non-hydrogen) atoms. The number of nitrogens with two attached hydrogens (primary N) is 1. The lowest BCUT2D eigenvalue weighted by Gasteiger charge is -2.11. The Labute approximate surface area is 123 Å². The van der Waals surface area contributed by atoms with Crippen LogP contribution in [0.3, 0.4) is 0 Å². The van der Waals surface area contributed by atoms with Crippen molar-refractivity contribution < 1.29 is 0 Å². The molecule has 0 atom stereocenters. The van der Waals surface area contributed by atoms with Crippen molar-refractivity contribution in [2.45, 2.75) is 26.8 Å². The molecular formula is C14H18N4OS. The molecule has 2 rings (SSSR count). The lowest BCUT2D eigenvalue weighted by atomic mass is 10.2. The highest BCUT2D eigenvalue weighted by molar-refractivity contribution is 7.80. The maximum Gasteiger partial charge on any atom is 0.261 e. The van der Waals surface area contributed by atoms with Crippen molar-refractivity contribution in [3.8, 4) is 0 Å². The van der Waals surface area contributed by atoms with Crippen LogP contribution in [0.1, 0.15) is 29.6 Å². The Balaban J connectivity index is 2.47. The van der Waals surface area contributed by atoms with Crippen molar-refractivity contribution in [2.24, 2.45) is 12.8 Å². The lowest BCUT2D eigenvalue weighted by Crippen LogP contribution is -2.31. The highest BCUT2D eigenvalue weighted by Gasteiger charge is 2.11. The zero-order chi connectivity index (χ0) is 14.9. The van der Waals surface area contributed by atoms with Crippen LogP contribution in [-0.2, 0) is 20.0 Å². The molecule has 0 amide bonds. The molecule has 2 aromatic heterocycles. The van der Waals surface area contributed by atoms with Gasteiger partial charge in [-0.3, -0.25) is 9.48 Å². The Morgan fingerprint density at radius 1 is 1.45 bits per heavy atom. The Kier molecular flexibility index (Phi) is 4.04. The molecule has 2 N–H and O–H groups in total. The van der Waals surface area contributed by atoms with E-state index in [1.54, 1.807) is 15.3 Å². The zero-order valence-electron chi connectivity index (χ0n) is 11.9. The maximum atomic E-state index is 12.4. The first-order valence-electron chi connectivity index (χ1n) is 6.46. The predicted molar refractivity (Wildman–Crippen MR) is 83.0 cm³/mol. The molecule has 0 aliphatic rings. The van der Waals surface area contributed by atoms with E-state index in [2.05, 4.69) is 12.0 Å². The topological polar surface area (TPSA) is 65.8 Å². The molecule has 0 aromatic carbocycles. The minimum absolute atomic E-state index is 0.128. The Morgan fingerprint density at radius 2 is 2.15 bits per heavy atom. The monoisotopic (exact) mass is 290 g/mol. The summed E-state index contributed by atoms with van der Waals surface area (Å²) in [6.07, 6.45) is 0.870. The van der Waals surface area contributed by atoms with Gasteiger partial charge in [-0.15, -0.1) is 0 Å². The minimum Gasteiger partial charge on any atom is -0.389 e. The number of nitrogens with zero attached hydrogens (tertiary/aromatic N) is 3. The van der Waals surface area contributed by atoms with E-state index in [4.69, 9.17) is 18.0 Å². The summed E-state index contributed by atoms with van der Waals surface area (Å²) in [6.45, 7) is 4.41. The number of rotatable bonds is 4. The van der Waals surface area contributed by atoms with Crippen molar-refractivity contribution in [3.63, 3.8) is 0 Å². The van der Waals surface area contributed by atoms with Crippen molar-refractivity contribution in [2.75, 3.05) is 0 Å². The Morgan fingerprint density at radius 3 is 2.70 bits per heavy atom. The first-order valence-corrected chi connectivity index (χ1v) is 6.87. The van der Waals surface area contributed by atoms with Crippen LogP contribution in [0.4, 0.5) is 0 Å². The SMILES string of the molecule is CCc1cc(Cn2c(C)ccc(C(N)=S)c2=O)n(C)n1. The van der Waals surface area contributed by atoms with Crippen LogP contribution in [0.5, 0.6) is 0 Å². The van der Waals surface area contributed by atoms with Gasteiger partial charge in [0, 0.05) is 12.7 Å². The molecule has 0 aliphatic heterocycles. The average Bonchev–Trinajstić information content (AvgIpc) is 2.74. The summed E-state index contributed by atoms with van der Waals surface area (Å²) in [5, 5.41) is 4.39. The van der Waals surface area contributed by atoms with E-state index in [-0.39, 0.29) is 10.5 Å². The van der Waals surface area contributed by atoms with Crippen LogP contribution in [0.25, 0.3) is 0 Å². The molecule has 0 saturated heterocycles. The molecule has 0 aliphatic carbocycles. The van der Waals surface area contributed by atoms with Crippen molar-refractivity contribution >= 4 is 17.2 Å². The third-order valence-electron chi connectivity index (χ3n) is 3.37. The van der Waals surface area contributed by atoms with E-state index in [1.807, 2.05) is 26.1 Å². The first kappa shape index (κ1) is 14.5. The second-order valence-corrected chi connectivity index (χ2v) is 5.19. The number of aromatic nitrogens is 3. The molecule has 0 spiro atoms. The van der Waals surface area contributed by atoms with Crippen molar-refractivity contribution in [1.82, 2.24) is 14.3 Å². The second kappa shape index (κ2) is 5.58. The van der Waals surface area contributed by atoms with Crippen LogP contribution < -0.4 is 11.3 Å². The third kappa shape index (κ3) is 2.65. The van der Waals surface area contributed by atoms with Gasteiger partial charge in [-0.25, -0.2) is 0 Å². The number of hydrogen-bond acceptors (Lipinski definition) is 3. The molecule has 0 saturated carbocycles. The van der Waals surface area contributed by atoms with E-state index >= 15 is 0 Å². The third-order valence-corrected chi connectivity index (χ3v) is 3.59. The molecule has 106 valence electrons. The smallest absolute Gasteiger partial charge is 0.261 e. The fraction of sp³-hybridized carbons (Fsp3) is 0.357. The second-order valence-electron chi connectivity index (χ2n) is 4.75. The maximum absolute atomic E-state index is 12.4. The molecule has 2 aromatic rings. The fourth-order valence-corrected chi connectivity index (χ4v) is 2.26. The largest absolute Gasteiger partial charge is 0.389 e. The van der Waals surface area contributed by atoms with Crippen molar-refractivity contribution in [1.29, 1.82) is 0 Å². The molecule has 2 heterocycles. The quantitative estimate of drug-likeness (QED) is 0.857. The van der Waals surface area contributed by atoms with E-state index < -0.39 is 0 Å². The molecule has 0 fully saturated rings. The zero-order valence-corrected chi connectivity index (χ0v) is 12.7. The predicted octanol–water partition coefficient (Wildman–Crippen LogP) is 1.14. The Hall–Kier alpha value is -1.95. The minimum atomic E-state index is -0.156. The average molecular weight is 290 g/mol. The van der Waals surface area contributed by atoms with E-state index in [0.29, 0.717) is 12.1 Å². The van der Waals surface area contributed by atoms with Gasteiger partial charge >= 0.3 is 0 Å². The van der Waals surface area contributed by atoms with E-state index in [1.165, 1.54) is 0 Å². The van der Waals surface area contributed by atoms with E-state index in [0.717, 1.165) is 23.5 Å². The molecule has 0 bridgehead atoms. The molecule has 5 nitrogen and oxygen atoms in total. The summed E-state index contributed by atoms with van der Waals surface area (Å²) in [4.78, 5) is 12.5. The summed E-state index contributed by atoms with van der Waals surface area (Å²) >= 11 is 4.91. The Bertz CT molecular complexity index is 714. The fourth-order valence-electron chi connectivity index (χ4n) is 2.11. The van der Waals surface area contributed by atoms with Gasteiger partial charge < -0.3 is 10.3 Å². The van der Waals surface area contributed by atoms with Gasteiger partial charge in [-0.2, -0.15) is 5.10 Å². The number of hydrogen-bond donors (Lipinski definition) is 1. The van der Waals surface area contributed by atoms with Crippen LogP contribution in [0, 0.1) is 6.92 Å². The number of thiocarbonyl (C=S) groups is 1. The van der Waals surface area contributed by atoms with Crippen LogP contribution in [0.15, 0.2) is 23.0 Å². The van der Waals surface area contributed by atoms with Crippen LogP contribution >= 0.6 is 12.2 Å². The van der Waals surface area contributed by atoms with Gasteiger partial charge in [0.2, 0.25) is 0 Å². The highest BCUT2D eigenvalue weighted by Crippen LogP contribution is 2.07. The van der Waals surface area contributed by atoms with Gasteiger partial charge in [-0.05, 0) is 31.5 Å². The summed E-state index contributed by atoms with van der Waals surface area (Å²) in [5.41, 5.74) is 8.67. The van der Waals surface area contributed by atoms with Gasteiger partial charge in [-0.1, -0.05) is 19.1 Å². The van der Waals surface area contributed by atoms with Crippen LogP contribution in [0.2, 0.25) is 0 Å². The highest BCUT2D eigenvalue weighted by atomic mass is 32.1. The summed E-state index contributed by atoms with van der Waals surface area (Å²) in [7, 11) is 1.88. The van der Waals surface area contributed by atoms with Gasteiger partial charge in [0.25, 0.3) is 5.56 Å². The van der Waals surface area contributed by atoms with Crippen LogP contribution in [-0.4, -0.2) is 19.3 Å². The molecule has 0 radical (unpaired) electrons. The standard InChI is InChI=1S/C14H18N4OS/c1-4-10-7-11(17(3)16-10)8-18-9(2)5-6-12(13(15)20)14(18)19/h5-7H,4,8H2,1-3H3,(H2,15,20). The molecule has 6 heteroatoms. The summed E-state index contributed by atoms with van der Waals surface area (Å²) in [6, 6.07) is 5.55. The summed E-state index contributed by atoms with van der Waals surface area (Å²) < 4.78 is 3.48. The normalized spacial score (nSPS) is 10.8. The summed E-state index contributed by atoms with van der Waals surface area (Å²) in [5.74, 6) is 0.